The number of methoxy groups -OCH3 is 1. The zero-order chi connectivity index (χ0) is 13.7. The number of aryl methyl sites for hydroxylation is 1. The van der Waals surface area contributed by atoms with E-state index >= 15 is 0 Å². The molecule has 0 spiro atoms. The number of hydrogen-bond donors (Lipinski definition) is 2. The van der Waals surface area contributed by atoms with Gasteiger partial charge in [0, 0.05) is 17.8 Å². The molecule has 0 fully saturated rings. The molecule has 0 saturated heterocycles. The van der Waals surface area contributed by atoms with Crippen molar-refractivity contribution in [3.8, 4) is 5.75 Å². The lowest BCUT2D eigenvalue weighted by molar-refractivity contribution is -0.114. The van der Waals surface area contributed by atoms with Crippen molar-refractivity contribution in [1.82, 2.24) is 5.16 Å². The Kier molecular flexibility index (Phi) is 4.02. The Morgan fingerprint density at radius 1 is 1.42 bits per heavy atom. The molecule has 0 unspecified atom stereocenters. The van der Waals surface area contributed by atoms with Crippen LogP contribution < -0.4 is 15.4 Å². The Labute approximate surface area is 110 Å². The van der Waals surface area contributed by atoms with Gasteiger partial charge in [-0.25, -0.2) is 0 Å². The standard InChI is InChI=1S/C13H15N3O3/c1-9-6-12(16-19-9)15-13(17)8-14-10-4-3-5-11(7-10)18-2/h3-7,14H,8H2,1-2H3,(H,15,16,17). The summed E-state index contributed by atoms with van der Waals surface area (Å²) in [6.45, 7) is 1.90. The summed E-state index contributed by atoms with van der Waals surface area (Å²) < 4.78 is 9.95. The third-order valence-corrected chi connectivity index (χ3v) is 2.42. The van der Waals surface area contributed by atoms with Gasteiger partial charge < -0.3 is 19.9 Å². The summed E-state index contributed by atoms with van der Waals surface area (Å²) in [5.41, 5.74) is 0.811. The Hall–Kier alpha value is -2.50. The number of hydrogen-bond acceptors (Lipinski definition) is 5. The third kappa shape index (κ3) is 3.74. The van der Waals surface area contributed by atoms with Crippen LogP contribution in [-0.4, -0.2) is 24.7 Å². The first-order chi connectivity index (χ1) is 9.17. The predicted molar refractivity (Wildman–Crippen MR) is 71.4 cm³/mol. The minimum Gasteiger partial charge on any atom is -0.497 e. The fourth-order valence-electron chi connectivity index (χ4n) is 1.53. The van der Waals surface area contributed by atoms with Gasteiger partial charge in [0.1, 0.15) is 11.5 Å². The van der Waals surface area contributed by atoms with Crippen LogP contribution in [0.5, 0.6) is 5.75 Å². The maximum atomic E-state index is 11.7. The van der Waals surface area contributed by atoms with Gasteiger partial charge in [-0.05, 0) is 19.1 Å². The maximum absolute atomic E-state index is 11.7. The average Bonchev–Trinajstić information content (AvgIpc) is 2.82. The molecule has 0 radical (unpaired) electrons. The molecule has 1 heterocycles. The second-order valence-corrected chi connectivity index (χ2v) is 3.96. The van der Waals surface area contributed by atoms with Gasteiger partial charge in [0.2, 0.25) is 5.91 Å². The second kappa shape index (κ2) is 5.90. The number of nitrogens with one attached hydrogen (secondary N) is 2. The SMILES string of the molecule is COc1cccc(NCC(=O)Nc2cc(C)on2)c1. The molecule has 0 saturated carbocycles. The van der Waals surface area contributed by atoms with Gasteiger partial charge in [0.25, 0.3) is 0 Å². The van der Waals surface area contributed by atoms with Crippen LogP contribution in [0.15, 0.2) is 34.9 Å². The van der Waals surface area contributed by atoms with Crippen molar-refractivity contribution < 1.29 is 14.1 Å². The van der Waals surface area contributed by atoms with Crippen LogP contribution >= 0.6 is 0 Å². The fraction of sp³-hybridized carbons (Fsp3) is 0.231. The van der Waals surface area contributed by atoms with Crippen LogP contribution in [0.1, 0.15) is 5.76 Å². The molecule has 2 N–H and O–H groups in total. The first-order valence-corrected chi connectivity index (χ1v) is 5.78. The van der Waals surface area contributed by atoms with Crippen LogP contribution in [0.4, 0.5) is 11.5 Å². The van der Waals surface area contributed by atoms with E-state index in [9.17, 15) is 4.79 Å². The van der Waals surface area contributed by atoms with E-state index in [0.29, 0.717) is 11.6 Å². The van der Waals surface area contributed by atoms with Crippen LogP contribution in [-0.2, 0) is 4.79 Å². The van der Waals surface area contributed by atoms with Crippen molar-refractivity contribution in [2.75, 3.05) is 24.3 Å². The number of carbonyl (C=O) groups is 1. The van der Waals surface area contributed by atoms with E-state index in [-0.39, 0.29) is 12.5 Å². The lowest BCUT2D eigenvalue weighted by Crippen LogP contribution is -2.21. The zero-order valence-electron chi connectivity index (χ0n) is 10.8. The zero-order valence-corrected chi connectivity index (χ0v) is 10.8. The van der Waals surface area contributed by atoms with E-state index in [1.807, 2.05) is 24.3 Å². The van der Waals surface area contributed by atoms with Gasteiger partial charge in [0.05, 0.1) is 13.7 Å². The van der Waals surface area contributed by atoms with E-state index in [2.05, 4.69) is 15.8 Å². The number of anilines is 2. The summed E-state index contributed by atoms with van der Waals surface area (Å²) in [7, 11) is 1.60. The molecule has 6 heteroatoms. The van der Waals surface area contributed by atoms with E-state index < -0.39 is 0 Å². The average molecular weight is 261 g/mol. The topological polar surface area (TPSA) is 76.4 Å². The fourth-order valence-corrected chi connectivity index (χ4v) is 1.53. The summed E-state index contributed by atoms with van der Waals surface area (Å²) in [6, 6.07) is 9.01. The minimum absolute atomic E-state index is 0.138. The number of nitrogens with zero attached hydrogens (tertiary/aromatic N) is 1. The van der Waals surface area contributed by atoms with E-state index in [1.54, 1.807) is 20.1 Å². The lowest BCUT2D eigenvalue weighted by atomic mass is 10.3. The predicted octanol–water partition coefficient (Wildman–Crippen LogP) is 2.04. The molecule has 0 atom stereocenters. The molecule has 0 aliphatic heterocycles. The third-order valence-electron chi connectivity index (χ3n) is 2.42. The molecule has 0 aliphatic rings. The van der Waals surface area contributed by atoms with Gasteiger partial charge in [-0.1, -0.05) is 11.2 Å². The van der Waals surface area contributed by atoms with E-state index in [1.165, 1.54) is 0 Å². The van der Waals surface area contributed by atoms with Crippen molar-refractivity contribution >= 4 is 17.4 Å². The summed E-state index contributed by atoms with van der Waals surface area (Å²) >= 11 is 0. The van der Waals surface area contributed by atoms with Gasteiger partial charge in [-0.2, -0.15) is 0 Å². The number of ether oxygens (including phenoxy) is 1. The molecular formula is C13H15N3O3. The molecule has 100 valence electrons. The monoisotopic (exact) mass is 261 g/mol. The van der Waals surface area contributed by atoms with E-state index in [0.717, 1.165) is 11.4 Å². The van der Waals surface area contributed by atoms with Crippen molar-refractivity contribution in [1.29, 1.82) is 0 Å². The Bertz CT molecular complexity index is 566. The molecule has 19 heavy (non-hydrogen) atoms. The van der Waals surface area contributed by atoms with E-state index in [4.69, 9.17) is 9.26 Å². The second-order valence-electron chi connectivity index (χ2n) is 3.96. The molecule has 1 amide bonds. The van der Waals surface area contributed by atoms with Gasteiger partial charge in [-0.3, -0.25) is 4.79 Å². The highest BCUT2D eigenvalue weighted by atomic mass is 16.5. The van der Waals surface area contributed by atoms with Crippen molar-refractivity contribution in [2.45, 2.75) is 6.92 Å². The van der Waals surface area contributed by atoms with Crippen LogP contribution in [0, 0.1) is 6.92 Å². The summed E-state index contributed by atoms with van der Waals surface area (Å²) in [5, 5.41) is 9.30. The maximum Gasteiger partial charge on any atom is 0.244 e. The highest BCUT2D eigenvalue weighted by Crippen LogP contribution is 2.16. The highest BCUT2D eigenvalue weighted by Gasteiger charge is 2.06. The molecule has 0 bridgehead atoms. The van der Waals surface area contributed by atoms with Gasteiger partial charge in [0.15, 0.2) is 5.82 Å². The first kappa shape index (κ1) is 12.9. The van der Waals surface area contributed by atoms with Crippen molar-refractivity contribution in [3.05, 3.63) is 36.1 Å². The molecule has 2 aromatic rings. The largest absolute Gasteiger partial charge is 0.497 e. The van der Waals surface area contributed by atoms with Crippen molar-refractivity contribution in [2.24, 2.45) is 0 Å². The number of benzene rings is 1. The molecule has 1 aromatic heterocycles. The quantitative estimate of drug-likeness (QED) is 0.861. The smallest absolute Gasteiger partial charge is 0.244 e. The first-order valence-electron chi connectivity index (χ1n) is 5.78. The van der Waals surface area contributed by atoms with Gasteiger partial charge in [-0.15, -0.1) is 0 Å². The number of aromatic nitrogens is 1. The summed E-state index contributed by atoms with van der Waals surface area (Å²) in [5.74, 6) is 1.60. The minimum atomic E-state index is -0.198. The van der Waals surface area contributed by atoms with Crippen LogP contribution in [0.3, 0.4) is 0 Å². The van der Waals surface area contributed by atoms with Gasteiger partial charge >= 0.3 is 0 Å². The molecule has 1 aromatic carbocycles. The van der Waals surface area contributed by atoms with Crippen molar-refractivity contribution in [3.63, 3.8) is 0 Å². The number of amides is 1. The molecule has 6 nitrogen and oxygen atoms in total. The lowest BCUT2D eigenvalue weighted by Gasteiger charge is -2.07. The summed E-state index contributed by atoms with van der Waals surface area (Å²) in [6.07, 6.45) is 0. The summed E-state index contributed by atoms with van der Waals surface area (Å²) in [4.78, 5) is 11.7. The number of rotatable bonds is 5. The molecule has 0 aliphatic carbocycles. The Morgan fingerprint density at radius 3 is 2.95 bits per heavy atom. The van der Waals surface area contributed by atoms with Crippen LogP contribution in [0.2, 0.25) is 0 Å². The normalized spacial score (nSPS) is 10.0. The number of carbonyl (C=O) groups excluding carboxylic acids is 1. The van der Waals surface area contributed by atoms with Crippen LogP contribution in [0.25, 0.3) is 0 Å². The Morgan fingerprint density at radius 2 is 2.26 bits per heavy atom. The highest BCUT2D eigenvalue weighted by molar-refractivity contribution is 5.92. The Balaban J connectivity index is 1.86. The molecule has 2 rings (SSSR count). The molecular weight excluding hydrogens is 246 g/mol.